The number of hydrogen-bond donors (Lipinski definition) is 1. The van der Waals surface area contributed by atoms with E-state index in [1.165, 1.54) is 28.6 Å². The lowest BCUT2D eigenvalue weighted by Crippen LogP contribution is -2.38. The zero-order valence-corrected chi connectivity index (χ0v) is 13.3. The fourth-order valence-electron chi connectivity index (χ4n) is 1.95. The largest absolute Gasteiger partial charge is 0.313 e. The summed E-state index contributed by atoms with van der Waals surface area (Å²) >= 11 is 5.52. The highest BCUT2D eigenvalue weighted by Gasteiger charge is 2.32. The van der Waals surface area contributed by atoms with Gasteiger partial charge in [-0.2, -0.15) is 0 Å². The van der Waals surface area contributed by atoms with Gasteiger partial charge in [0.1, 0.15) is 0 Å². The Hall–Kier alpha value is 0.140. The Morgan fingerprint density at radius 3 is 2.71 bits per heavy atom. The Morgan fingerprint density at radius 1 is 1.53 bits per heavy atom. The van der Waals surface area contributed by atoms with Crippen LogP contribution >= 0.6 is 27.3 Å². The van der Waals surface area contributed by atoms with Crippen molar-refractivity contribution in [3.63, 3.8) is 0 Å². The van der Waals surface area contributed by atoms with E-state index in [0.29, 0.717) is 11.3 Å². The molecule has 2 rings (SSSR count). The highest BCUT2D eigenvalue weighted by atomic mass is 79.9. The predicted octanol–water partition coefficient (Wildman–Crippen LogP) is 4.47. The van der Waals surface area contributed by atoms with E-state index in [1.807, 2.05) is 11.3 Å². The molecular weight excluding hydrogens is 294 g/mol. The first-order chi connectivity index (χ1) is 8.01. The Morgan fingerprint density at radius 2 is 2.24 bits per heavy atom. The Kier molecular flexibility index (Phi) is 4.32. The van der Waals surface area contributed by atoms with Crippen molar-refractivity contribution >= 4 is 27.3 Å². The topological polar surface area (TPSA) is 12.0 Å². The summed E-state index contributed by atoms with van der Waals surface area (Å²) in [6, 6.07) is 2.97. The van der Waals surface area contributed by atoms with Crippen molar-refractivity contribution in [2.24, 2.45) is 11.3 Å². The fraction of sp³-hybridized carbons (Fsp3) is 0.714. The molecule has 0 amide bonds. The molecular formula is C14H22BrNS. The smallest absolute Gasteiger partial charge is 0.0314 e. The normalized spacial score (nSPS) is 19.6. The minimum Gasteiger partial charge on any atom is -0.313 e. The maximum absolute atomic E-state index is 3.70. The van der Waals surface area contributed by atoms with Crippen LogP contribution in [0.3, 0.4) is 0 Å². The van der Waals surface area contributed by atoms with Crippen LogP contribution in [0.4, 0.5) is 0 Å². The second-order valence-corrected chi connectivity index (χ2v) is 7.69. The molecule has 1 N–H and O–H groups in total. The van der Waals surface area contributed by atoms with Crippen molar-refractivity contribution < 1.29 is 0 Å². The molecule has 3 heteroatoms. The molecule has 96 valence electrons. The summed E-state index contributed by atoms with van der Waals surface area (Å²) in [6.07, 6.45) is 3.91. The van der Waals surface area contributed by atoms with Crippen LogP contribution in [0.2, 0.25) is 0 Å². The van der Waals surface area contributed by atoms with Gasteiger partial charge in [-0.1, -0.05) is 20.8 Å². The second kappa shape index (κ2) is 5.41. The van der Waals surface area contributed by atoms with Crippen molar-refractivity contribution in [3.05, 3.63) is 20.8 Å². The molecule has 1 heterocycles. The quantitative estimate of drug-likeness (QED) is 0.816. The molecule has 0 saturated heterocycles. The van der Waals surface area contributed by atoms with E-state index in [2.05, 4.69) is 53.5 Å². The molecule has 1 aliphatic carbocycles. The van der Waals surface area contributed by atoms with Crippen molar-refractivity contribution in [1.82, 2.24) is 5.32 Å². The van der Waals surface area contributed by atoms with Crippen molar-refractivity contribution in [3.8, 4) is 0 Å². The molecule has 1 aliphatic rings. The van der Waals surface area contributed by atoms with Gasteiger partial charge in [-0.25, -0.2) is 0 Å². The zero-order valence-electron chi connectivity index (χ0n) is 10.9. The van der Waals surface area contributed by atoms with Gasteiger partial charge in [0.05, 0.1) is 0 Å². The van der Waals surface area contributed by atoms with Gasteiger partial charge in [-0.15, -0.1) is 11.3 Å². The van der Waals surface area contributed by atoms with Crippen LogP contribution in [0.1, 0.15) is 38.5 Å². The van der Waals surface area contributed by atoms with Crippen LogP contribution in [0, 0.1) is 11.3 Å². The Bertz CT molecular complexity index is 370. The van der Waals surface area contributed by atoms with Crippen LogP contribution in [-0.4, -0.2) is 12.6 Å². The molecule has 1 fully saturated rings. The van der Waals surface area contributed by atoms with Crippen molar-refractivity contribution in [2.75, 3.05) is 6.54 Å². The van der Waals surface area contributed by atoms with Crippen LogP contribution < -0.4 is 5.32 Å². The molecule has 1 saturated carbocycles. The monoisotopic (exact) mass is 315 g/mol. The first-order valence-electron chi connectivity index (χ1n) is 6.46. The highest BCUT2D eigenvalue weighted by Crippen LogP contribution is 2.36. The molecule has 1 aromatic heterocycles. The van der Waals surface area contributed by atoms with E-state index >= 15 is 0 Å². The minimum absolute atomic E-state index is 0.357. The van der Waals surface area contributed by atoms with Crippen LogP contribution in [0.25, 0.3) is 0 Å². The van der Waals surface area contributed by atoms with Crippen LogP contribution in [0.5, 0.6) is 0 Å². The summed E-state index contributed by atoms with van der Waals surface area (Å²) in [6.45, 7) is 8.24. The minimum atomic E-state index is 0.357. The number of thiophene rings is 1. The third-order valence-corrected chi connectivity index (χ3v) is 5.95. The van der Waals surface area contributed by atoms with Gasteiger partial charge in [0, 0.05) is 21.9 Å². The SMILES string of the molecule is CC(C)C(C)(CNC1CC1)Cc1sccc1Br. The molecule has 17 heavy (non-hydrogen) atoms. The molecule has 1 unspecified atom stereocenters. The molecule has 0 radical (unpaired) electrons. The van der Waals surface area contributed by atoms with E-state index in [1.54, 1.807) is 0 Å². The average molecular weight is 316 g/mol. The standard InChI is InChI=1S/C14H22BrNS/c1-10(2)14(3,9-16-11-4-5-11)8-13-12(15)6-7-17-13/h6-7,10-11,16H,4-5,8-9H2,1-3H3. The maximum atomic E-state index is 3.70. The highest BCUT2D eigenvalue weighted by molar-refractivity contribution is 9.10. The number of nitrogens with one attached hydrogen (secondary N) is 1. The number of halogens is 1. The Balaban J connectivity index is 2.01. The predicted molar refractivity (Wildman–Crippen MR) is 79.7 cm³/mol. The average Bonchev–Trinajstić information content (AvgIpc) is 3.02. The van der Waals surface area contributed by atoms with Crippen LogP contribution in [0.15, 0.2) is 15.9 Å². The van der Waals surface area contributed by atoms with Crippen LogP contribution in [-0.2, 0) is 6.42 Å². The van der Waals surface area contributed by atoms with Gasteiger partial charge in [0.25, 0.3) is 0 Å². The number of rotatable bonds is 6. The van der Waals surface area contributed by atoms with Gasteiger partial charge in [-0.05, 0) is 58.0 Å². The third-order valence-electron chi connectivity index (χ3n) is 4.02. The zero-order chi connectivity index (χ0) is 12.5. The summed E-state index contributed by atoms with van der Waals surface area (Å²) in [5, 5.41) is 5.87. The van der Waals surface area contributed by atoms with E-state index < -0.39 is 0 Å². The number of hydrogen-bond acceptors (Lipinski definition) is 2. The summed E-state index contributed by atoms with van der Waals surface area (Å²) in [5.41, 5.74) is 0.357. The molecule has 0 spiro atoms. The van der Waals surface area contributed by atoms with Crippen molar-refractivity contribution in [2.45, 2.75) is 46.1 Å². The maximum Gasteiger partial charge on any atom is 0.0314 e. The first-order valence-corrected chi connectivity index (χ1v) is 8.14. The summed E-state index contributed by atoms with van der Waals surface area (Å²) in [5.74, 6) is 0.697. The molecule has 1 aromatic rings. The molecule has 0 aromatic carbocycles. The van der Waals surface area contributed by atoms with Gasteiger partial charge >= 0.3 is 0 Å². The van der Waals surface area contributed by atoms with E-state index in [4.69, 9.17) is 0 Å². The fourth-order valence-corrected chi connectivity index (χ4v) is 3.64. The summed E-state index contributed by atoms with van der Waals surface area (Å²) in [7, 11) is 0. The van der Waals surface area contributed by atoms with Gasteiger partial charge in [0.15, 0.2) is 0 Å². The Labute approximate surface area is 117 Å². The third kappa shape index (κ3) is 3.55. The van der Waals surface area contributed by atoms with Crippen molar-refractivity contribution in [1.29, 1.82) is 0 Å². The molecule has 1 nitrogen and oxygen atoms in total. The lowest BCUT2D eigenvalue weighted by molar-refractivity contribution is 0.208. The first kappa shape index (κ1) is 13.6. The second-order valence-electron chi connectivity index (χ2n) is 5.83. The molecule has 1 atom stereocenters. The van der Waals surface area contributed by atoms with E-state index in [9.17, 15) is 0 Å². The summed E-state index contributed by atoms with van der Waals surface area (Å²) < 4.78 is 1.28. The van der Waals surface area contributed by atoms with Gasteiger partial charge in [-0.3, -0.25) is 0 Å². The summed E-state index contributed by atoms with van der Waals surface area (Å²) in [4.78, 5) is 1.48. The molecule has 0 aliphatic heterocycles. The van der Waals surface area contributed by atoms with E-state index in [0.717, 1.165) is 12.6 Å². The van der Waals surface area contributed by atoms with Gasteiger partial charge in [0.2, 0.25) is 0 Å². The molecule has 0 bridgehead atoms. The lowest BCUT2D eigenvalue weighted by atomic mass is 9.76. The lowest BCUT2D eigenvalue weighted by Gasteiger charge is -2.34. The van der Waals surface area contributed by atoms with Gasteiger partial charge < -0.3 is 5.32 Å². The van der Waals surface area contributed by atoms with E-state index in [-0.39, 0.29) is 0 Å².